The number of nitrogens with one attached hydrogen (secondary N) is 1. The van der Waals surface area contributed by atoms with Crippen molar-refractivity contribution in [3.05, 3.63) is 11.5 Å². The van der Waals surface area contributed by atoms with Crippen molar-refractivity contribution in [2.24, 2.45) is 0 Å². The third-order valence-corrected chi connectivity index (χ3v) is 7.92. The molecule has 0 radical (unpaired) electrons. The Hall–Kier alpha value is -1.87. The van der Waals surface area contributed by atoms with Crippen molar-refractivity contribution < 1.29 is 99.6 Å². The first-order chi connectivity index (χ1) is 22.1. The van der Waals surface area contributed by atoms with Gasteiger partial charge in [0.05, 0.1) is 32.5 Å². The van der Waals surface area contributed by atoms with Gasteiger partial charge >= 0.3 is 0 Å². The van der Waals surface area contributed by atoms with Crippen LogP contribution in [0.15, 0.2) is 11.5 Å². The first kappa shape index (κ1) is 39.6. The van der Waals surface area contributed by atoms with Gasteiger partial charge in [-0.05, 0) is 6.92 Å². The summed E-state index contributed by atoms with van der Waals surface area (Å²) in [6, 6.07) is -1.54. The van der Waals surface area contributed by atoms with Crippen LogP contribution in [0.2, 0.25) is 0 Å². The zero-order chi connectivity index (χ0) is 35.3. The van der Waals surface area contributed by atoms with Gasteiger partial charge in [-0.25, -0.2) is 0 Å². The Labute approximate surface area is 267 Å². The summed E-state index contributed by atoms with van der Waals surface area (Å²) in [5.41, 5.74) is 0. The first-order valence-corrected chi connectivity index (χ1v) is 14.6. The van der Waals surface area contributed by atoms with Crippen molar-refractivity contribution in [1.29, 1.82) is 0 Å². The maximum atomic E-state index is 12.0. The van der Waals surface area contributed by atoms with Crippen LogP contribution in [-0.2, 0) is 33.2 Å². The standard InChI is InChI=1S/C26H45NO20/c1-7-14(34)19(39)21(41)25(43-7)47-23-20(40)17(37)11(4-29)44-26(23)46-22-12(5-30)45-24(13(18(22)38)27-8(2)31)42-6-10(33)16(36)15(35)9(32)3-28/h7,9-14,17-26,28-30,32-41H,3-6H2,1-2H3,(H,27,31)/t7-,9?,10?,11+,12+,13+,14+,17-,18+,19+,20-,21-,22+,23+,24+,25-,26-/m0/s1. The van der Waals surface area contributed by atoms with Crippen molar-refractivity contribution in [2.45, 2.75) is 118 Å². The molecule has 0 saturated carbocycles. The molecular weight excluding hydrogens is 646 g/mol. The molecular formula is C26H45NO20. The second kappa shape index (κ2) is 17.2. The molecule has 0 bridgehead atoms. The number of aliphatic hydroxyl groups is 13. The molecule has 0 aromatic carbocycles. The fraction of sp³-hybridized carbons (Fsp3) is 0.885. The molecule has 3 aliphatic rings. The Morgan fingerprint density at radius 3 is 1.85 bits per heavy atom. The molecule has 3 rings (SSSR count). The summed E-state index contributed by atoms with van der Waals surface area (Å²) in [5.74, 6) is -3.05. The van der Waals surface area contributed by atoms with Crippen molar-refractivity contribution >= 4 is 5.91 Å². The number of rotatable bonds is 13. The van der Waals surface area contributed by atoms with E-state index in [1.807, 2.05) is 0 Å². The molecule has 0 spiro atoms. The number of amides is 1. The fourth-order valence-electron chi connectivity index (χ4n) is 5.20. The van der Waals surface area contributed by atoms with Crippen LogP contribution in [0.25, 0.3) is 0 Å². The normalized spacial score (nSPS) is 43.1. The molecule has 0 aromatic rings. The van der Waals surface area contributed by atoms with E-state index in [1.165, 1.54) is 6.92 Å². The van der Waals surface area contributed by atoms with Gasteiger partial charge in [-0.1, -0.05) is 0 Å². The van der Waals surface area contributed by atoms with Crippen LogP contribution in [0, 0.1) is 0 Å². The molecule has 2 unspecified atom stereocenters. The largest absolute Gasteiger partial charge is 0.506 e. The fourth-order valence-corrected chi connectivity index (χ4v) is 5.20. The first-order valence-electron chi connectivity index (χ1n) is 14.6. The van der Waals surface area contributed by atoms with E-state index in [-0.39, 0.29) is 0 Å². The lowest BCUT2D eigenvalue weighted by molar-refractivity contribution is -0.383. The van der Waals surface area contributed by atoms with E-state index >= 15 is 0 Å². The van der Waals surface area contributed by atoms with Gasteiger partial charge in [-0.3, -0.25) is 4.79 Å². The Bertz CT molecular complexity index is 1040. The second-order valence-corrected chi connectivity index (χ2v) is 11.3. The van der Waals surface area contributed by atoms with Gasteiger partial charge in [0.1, 0.15) is 79.3 Å². The van der Waals surface area contributed by atoms with Gasteiger partial charge in [0, 0.05) is 6.92 Å². The average Bonchev–Trinajstić information content (AvgIpc) is 3.05. The Kier molecular flexibility index (Phi) is 14.5. The van der Waals surface area contributed by atoms with Crippen LogP contribution >= 0.6 is 0 Å². The van der Waals surface area contributed by atoms with Crippen molar-refractivity contribution in [3.8, 4) is 0 Å². The number of hydrogen-bond acceptors (Lipinski definition) is 20. The van der Waals surface area contributed by atoms with E-state index in [9.17, 15) is 66.1 Å². The van der Waals surface area contributed by atoms with E-state index in [2.05, 4.69) is 5.32 Å². The predicted octanol–water partition coefficient (Wildman–Crippen LogP) is -7.34. The van der Waals surface area contributed by atoms with E-state index < -0.39 is 148 Å². The average molecular weight is 692 g/mol. The monoisotopic (exact) mass is 691 g/mol. The van der Waals surface area contributed by atoms with Gasteiger partial charge in [-0.2, -0.15) is 0 Å². The molecule has 0 aliphatic carbocycles. The summed E-state index contributed by atoms with van der Waals surface area (Å²) in [6.07, 6.45) is -27.4. The lowest BCUT2D eigenvalue weighted by Crippen LogP contribution is -2.68. The highest BCUT2D eigenvalue weighted by Crippen LogP contribution is 2.33. The van der Waals surface area contributed by atoms with Crippen molar-refractivity contribution in [1.82, 2.24) is 5.32 Å². The van der Waals surface area contributed by atoms with Gasteiger partial charge in [0.2, 0.25) is 5.91 Å². The lowest BCUT2D eigenvalue weighted by atomic mass is 9.95. The number of hydrogen-bond donors (Lipinski definition) is 14. The summed E-state index contributed by atoms with van der Waals surface area (Å²) in [5, 5.41) is 134. The molecule has 21 heteroatoms. The summed E-state index contributed by atoms with van der Waals surface area (Å²) in [7, 11) is 0. The summed E-state index contributed by atoms with van der Waals surface area (Å²) >= 11 is 0. The molecule has 47 heavy (non-hydrogen) atoms. The maximum absolute atomic E-state index is 12.0. The highest BCUT2D eigenvalue weighted by atomic mass is 16.8. The van der Waals surface area contributed by atoms with E-state index in [0.29, 0.717) is 0 Å². The van der Waals surface area contributed by atoms with E-state index in [1.54, 1.807) is 0 Å². The predicted molar refractivity (Wildman–Crippen MR) is 147 cm³/mol. The van der Waals surface area contributed by atoms with Crippen LogP contribution in [0.1, 0.15) is 13.8 Å². The third-order valence-electron chi connectivity index (χ3n) is 7.92. The molecule has 3 aliphatic heterocycles. The second-order valence-electron chi connectivity index (χ2n) is 11.3. The van der Waals surface area contributed by atoms with Crippen molar-refractivity contribution in [2.75, 3.05) is 26.4 Å². The molecule has 21 nitrogen and oxygen atoms in total. The summed E-state index contributed by atoms with van der Waals surface area (Å²) < 4.78 is 33.5. The highest BCUT2D eigenvalue weighted by Gasteiger charge is 2.54. The number of carbonyl (C=O) groups excluding carboxylic acids is 1. The van der Waals surface area contributed by atoms with Gasteiger partial charge in [0.25, 0.3) is 0 Å². The number of aliphatic hydroxyl groups excluding tert-OH is 13. The Morgan fingerprint density at radius 1 is 0.702 bits per heavy atom. The zero-order valence-electron chi connectivity index (χ0n) is 25.3. The molecule has 0 aromatic heterocycles. The number of ether oxygens (including phenoxy) is 6. The highest BCUT2D eigenvalue weighted by molar-refractivity contribution is 5.73. The molecule has 14 N–H and O–H groups in total. The van der Waals surface area contributed by atoms with Crippen LogP contribution in [-0.4, -0.2) is 203 Å². The third kappa shape index (κ3) is 9.03. The molecule has 3 saturated heterocycles. The Balaban J connectivity index is 1.85. The number of carbonyl (C=O) groups is 1. The Morgan fingerprint density at radius 2 is 1.28 bits per heavy atom. The summed E-state index contributed by atoms with van der Waals surface area (Å²) in [4.78, 5) is 12.0. The van der Waals surface area contributed by atoms with Crippen LogP contribution in [0.4, 0.5) is 0 Å². The maximum Gasteiger partial charge on any atom is 0.217 e. The molecule has 17 atom stereocenters. The van der Waals surface area contributed by atoms with E-state index in [4.69, 9.17) is 33.5 Å². The minimum Gasteiger partial charge on any atom is -0.506 e. The lowest BCUT2D eigenvalue weighted by Gasteiger charge is -2.49. The summed E-state index contributed by atoms with van der Waals surface area (Å²) in [6.45, 7) is -1.19. The van der Waals surface area contributed by atoms with Gasteiger partial charge in [0.15, 0.2) is 30.4 Å². The molecule has 274 valence electrons. The minimum atomic E-state index is -2.01. The van der Waals surface area contributed by atoms with Crippen molar-refractivity contribution in [3.63, 3.8) is 0 Å². The molecule has 1 amide bonds. The molecule has 3 heterocycles. The minimum absolute atomic E-state index is 0.730. The molecule has 3 fully saturated rings. The topological polar surface area (TPSA) is 347 Å². The quantitative estimate of drug-likeness (QED) is 0.0797. The van der Waals surface area contributed by atoms with Gasteiger partial charge < -0.3 is 100 Å². The smallest absolute Gasteiger partial charge is 0.217 e. The van der Waals surface area contributed by atoms with Crippen LogP contribution < -0.4 is 5.32 Å². The SMILES string of the molecule is CC(=O)N[C@H]1[C@H](OCC(O)C(O)=C(O)C(O)CO)O[C@H](CO)[C@@H](O[C@@H]2O[C@H](CO)[C@H](O)[C@H](O)[C@H]2O[C@@H]2O[C@@H](C)[C@@H](O)[C@@H](O)[C@@H]2O)[C@@H]1O. The van der Waals surface area contributed by atoms with Crippen LogP contribution in [0.5, 0.6) is 0 Å². The van der Waals surface area contributed by atoms with E-state index in [0.717, 1.165) is 6.92 Å². The zero-order valence-corrected chi connectivity index (χ0v) is 25.3. The van der Waals surface area contributed by atoms with Gasteiger partial charge in [-0.15, -0.1) is 0 Å². The van der Waals surface area contributed by atoms with Crippen LogP contribution in [0.3, 0.4) is 0 Å².